The molecule has 0 aliphatic carbocycles. The van der Waals surface area contributed by atoms with Gasteiger partial charge in [-0.1, -0.05) is 311 Å². The molecule has 0 aliphatic rings. The van der Waals surface area contributed by atoms with Gasteiger partial charge >= 0.3 is 39.5 Å². The highest BCUT2D eigenvalue weighted by atomic mass is 31.2. The molecule has 0 aromatic carbocycles. The lowest BCUT2D eigenvalue weighted by molar-refractivity contribution is -0.161. The van der Waals surface area contributed by atoms with Crippen molar-refractivity contribution in [2.75, 3.05) is 39.6 Å². The third-order valence-corrected chi connectivity index (χ3v) is 19.1. The van der Waals surface area contributed by atoms with Crippen LogP contribution in [0, 0.1) is 11.8 Å². The first-order valence-corrected chi connectivity index (χ1v) is 40.1. The number of ether oxygens (including phenoxy) is 4. The Morgan fingerprint density at radius 1 is 0.311 bits per heavy atom. The first-order chi connectivity index (χ1) is 43.4. The van der Waals surface area contributed by atoms with Gasteiger partial charge in [-0.05, 0) is 37.5 Å². The second-order valence-electron chi connectivity index (χ2n) is 26.1. The summed E-state index contributed by atoms with van der Waals surface area (Å²) in [5.74, 6) is -0.628. The molecule has 0 spiro atoms. The van der Waals surface area contributed by atoms with Gasteiger partial charge in [-0.3, -0.25) is 37.3 Å². The lowest BCUT2D eigenvalue weighted by Gasteiger charge is -2.21. The van der Waals surface area contributed by atoms with Crippen molar-refractivity contribution in [3.8, 4) is 0 Å². The fourth-order valence-corrected chi connectivity index (χ4v) is 12.3. The molecule has 0 heterocycles. The second kappa shape index (κ2) is 63.1. The Labute approximate surface area is 549 Å². The fraction of sp³-hybridized carbons (Fsp3) is 0.944. The van der Waals surface area contributed by atoms with Crippen LogP contribution in [0.2, 0.25) is 0 Å². The van der Waals surface area contributed by atoms with E-state index in [1.807, 2.05) is 0 Å². The highest BCUT2D eigenvalue weighted by Crippen LogP contribution is 2.45. The van der Waals surface area contributed by atoms with Crippen molar-refractivity contribution >= 4 is 39.5 Å². The molecule has 0 aromatic heterocycles. The average molecular weight is 1330 g/mol. The van der Waals surface area contributed by atoms with Gasteiger partial charge in [0.25, 0.3) is 0 Å². The quantitative estimate of drug-likeness (QED) is 0.0222. The van der Waals surface area contributed by atoms with Crippen LogP contribution in [0.4, 0.5) is 0 Å². The standard InChI is InChI=1S/C71H138O17P2/c1-7-11-13-15-17-19-21-22-23-24-25-26-27-28-30-36-43-49-55-70(75)87-66(59-82-69(74)54-48-42-35-32-31-33-39-45-51-63(5)9-3)61-85-89(77,78)83-57-65(72)58-84-90(79,80)86-62-67(88-71(76)56-50-44-38-37-40-46-52-64(6)10-4)60-81-68(73)53-47-41-34-29-20-18-16-14-12-8-2/h63-67,72H,7-62H2,1-6H3,(H,77,78)(H,79,80)/t63?,64?,65-,66-,67-/m1/s1. The summed E-state index contributed by atoms with van der Waals surface area (Å²) in [6, 6.07) is 0. The van der Waals surface area contributed by atoms with E-state index in [4.69, 9.17) is 37.0 Å². The van der Waals surface area contributed by atoms with Crippen molar-refractivity contribution in [1.82, 2.24) is 0 Å². The number of aliphatic hydroxyl groups excluding tert-OH is 1. The molecule has 0 rings (SSSR count). The molecule has 0 amide bonds. The maximum absolute atomic E-state index is 13.0. The Hall–Kier alpha value is -1.94. The number of carbonyl (C=O) groups excluding carboxylic acids is 4. The Morgan fingerprint density at radius 2 is 0.533 bits per heavy atom. The van der Waals surface area contributed by atoms with E-state index in [1.165, 1.54) is 180 Å². The predicted molar refractivity (Wildman–Crippen MR) is 363 cm³/mol. The highest BCUT2D eigenvalue weighted by molar-refractivity contribution is 7.47. The van der Waals surface area contributed by atoms with Gasteiger partial charge < -0.3 is 33.8 Å². The van der Waals surface area contributed by atoms with Crippen LogP contribution in [-0.4, -0.2) is 96.7 Å². The molecule has 4 unspecified atom stereocenters. The third-order valence-electron chi connectivity index (χ3n) is 17.2. The SMILES string of the molecule is CCCCCCCCCCCCCCCCCCCCC(=O)O[C@H](COC(=O)CCCCCCCCCCC(C)CC)COP(=O)(O)OC[C@@H](O)COP(=O)(O)OC[C@@H](COC(=O)CCCCCCCCCCCC)OC(=O)CCCCCCCCC(C)CC. The number of rotatable bonds is 70. The number of esters is 4. The van der Waals surface area contributed by atoms with Gasteiger partial charge in [-0.2, -0.15) is 0 Å². The van der Waals surface area contributed by atoms with Crippen molar-refractivity contribution in [2.24, 2.45) is 11.8 Å². The maximum atomic E-state index is 13.0. The molecule has 19 heteroatoms. The van der Waals surface area contributed by atoms with Crippen LogP contribution in [0.15, 0.2) is 0 Å². The van der Waals surface area contributed by atoms with E-state index in [1.54, 1.807) is 0 Å². The number of unbranched alkanes of at least 4 members (excludes halogenated alkanes) is 38. The number of phosphoric acid groups is 2. The van der Waals surface area contributed by atoms with Gasteiger partial charge in [0, 0.05) is 25.7 Å². The zero-order valence-corrected chi connectivity index (χ0v) is 60.2. The normalized spacial score (nSPS) is 14.7. The van der Waals surface area contributed by atoms with Gasteiger partial charge in [0.05, 0.1) is 26.4 Å². The minimum atomic E-state index is -4.95. The Bertz CT molecular complexity index is 1760. The monoisotopic (exact) mass is 1320 g/mol. The van der Waals surface area contributed by atoms with Crippen LogP contribution < -0.4 is 0 Å². The molecule has 0 radical (unpaired) electrons. The van der Waals surface area contributed by atoms with Gasteiger partial charge in [0.2, 0.25) is 0 Å². The number of aliphatic hydroxyl groups is 1. The molecule has 17 nitrogen and oxygen atoms in total. The molecule has 0 saturated heterocycles. The zero-order valence-electron chi connectivity index (χ0n) is 58.4. The molecule has 0 aliphatic heterocycles. The van der Waals surface area contributed by atoms with E-state index in [2.05, 4.69) is 41.5 Å². The smallest absolute Gasteiger partial charge is 0.462 e. The van der Waals surface area contributed by atoms with Crippen molar-refractivity contribution < 1.29 is 80.2 Å². The van der Waals surface area contributed by atoms with Crippen molar-refractivity contribution in [1.29, 1.82) is 0 Å². The molecule has 534 valence electrons. The lowest BCUT2D eigenvalue weighted by Crippen LogP contribution is -2.30. The number of carbonyl (C=O) groups is 4. The fourth-order valence-electron chi connectivity index (χ4n) is 10.7. The number of hydrogen-bond donors (Lipinski definition) is 3. The molecule has 0 fully saturated rings. The third kappa shape index (κ3) is 62.2. The van der Waals surface area contributed by atoms with Gasteiger partial charge in [0.15, 0.2) is 12.2 Å². The van der Waals surface area contributed by atoms with E-state index < -0.39 is 97.5 Å². The topological polar surface area (TPSA) is 237 Å². The molecule has 90 heavy (non-hydrogen) atoms. The van der Waals surface area contributed by atoms with E-state index in [-0.39, 0.29) is 25.7 Å². The van der Waals surface area contributed by atoms with Crippen molar-refractivity contribution in [3.05, 3.63) is 0 Å². The van der Waals surface area contributed by atoms with Crippen LogP contribution >= 0.6 is 15.6 Å². The summed E-state index contributed by atoms with van der Waals surface area (Å²) in [4.78, 5) is 72.5. The summed E-state index contributed by atoms with van der Waals surface area (Å²) in [6.45, 7) is 9.50. The molecular formula is C71H138O17P2. The highest BCUT2D eigenvalue weighted by Gasteiger charge is 2.30. The molecule has 3 N–H and O–H groups in total. The summed E-state index contributed by atoms with van der Waals surface area (Å²) < 4.78 is 68.3. The van der Waals surface area contributed by atoms with Crippen LogP contribution in [-0.2, 0) is 65.4 Å². The minimum Gasteiger partial charge on any atom is -0.462 e. The Balaban J connectivity index is 5.22. The van der Waals surface area contributed by atoms with Gasteiger partial charge in [-0.15, -0.1) is 0 Å². The molecule has 0 aromatic rings. The zero-order chi connectivity index (χ0) is 66.5. The number of phosphoric ester groups is 2. The van der Waals surface area contributed by atoms with Crippen molar-refractivity contribution in [3.63, 3.8) is 0 Å². The first-order valence-electron chi connectivity index (χ1n) is 37.1. The van der Waals surface area contributed by atoms with Crippen LogP contribution in [0.25, 0.3) is 0 Å². The molecule has 0 saturated carbocycles. The van der Waals surface area contributed by atoms with Crippen molar-refractivity contribution in [2.45, 2.75) is 381 Å². The van der Waals surface area contributed by atoms with Crippen LogP contribution in [0.5, 0.6) is 0 Å². The molecule has 0 bridgehead atoms. The molecular weight excluding hydrogens is 1190 g/mol. The summed E-state index contributed by atoms with van der Waals surface area (Å²) in [6.07, 6.45) is 48.6. The largest absolute Gasteiger partial charge is 0.472 e. The van der Waals surface area contributed by atoms with E-state index in [9.17, 15) is 43.2 Å². The molecule has 7 atom stereocenters. The average Bonchev–Trinajstić information content (AvgIpc) is 3.30. The van der Waals surface area contributed by atoms with Gasteiger partial charge in [0.1, 0.15) is 19.3 Å². The summed E-state index contributed by atoms with van der Waals surface area (Å²) in [7, 11) is -9.90. The van der Waals surface area contributed by atoms with Crippen LogP contribution in [0.1, 0.15) is 363 Å². The predicted octanol–water partition coefficient (Wildman–Crippen LogP) is 20.4. The van der Waals surface area contributed by atoms with E-state index >= 15 is 0 Å². The number of hydrogen-bond acceptors (Lipinski definition) is 15. The summed E-state index contributed by atoms with van der Waals surface area (Å²) in [5, 5.41) is 10.6. The first kappa shape index (κ1) is 88.1. The van der Waals surface area contributed by atoms with E-state index in [0.717, 1.165) is 102 Å². The van der Waals surface area contributed by atoms with Gasteiger partial charge in [-0.25, -0.2) is 9.13 Å². The summed E-state index contributed by atoms with van der Waals surface area (Å²) in [5.41, 5.74) is 0. The van der Waals surface area contributed by atoms with Crippen LogP contribution in [0.3, 0.4) is 0 Å². The van der Waals surface area contributed by atoms with E-state index in [0.29, 0.717) is 25.7 Å². The Kier molecular flexibility index (Phi) is 61.8. The second-order valence-corrected chi connectivity index (χ2v) is 29.0. The summed E-state index contributed by atoms with van der Waals surface area (Å²) >= 11 is 0. The lowest BCUT2D eigenvalue weighted by atomic mass is 9.99. The Morgan fingerprint density at radius 3 is 0.789 bits per heavy atom. The maximum Gasteiger partial charge on any atom is 0.472 e. The minimum absolute atomic E-state index is 0.103.